The molecule has 1 aromatic rings. The van der Waals surface area contributed by atoms with Crippen molar-refractivity contribution in [1.82, 2.24) is 4.90 Å². The normalized spacial score (nSPS) is 17.4. The molecule has 1 saturated heterocycles. The van der Waals surface area contributed by atoms with Crippen molar-refractivity contribution in [2.45, 2.75) is 19.8 Å². The Bertz CT molecular complexity index is 393. The lowest BCUT2D eigenvalue weighted by atomic mass is 9.96. The minimum atomic E-state index is 0.836. The van der Waals surface area contributed by atoms with Gasteiger partial charge in [-0.25, -0.2) is 0 Å². The average molecular weight is 247 g/mol. The van der Waals surface area contributed by atoms with Gasteiger partial charge in [0, 0.05) is 19.6 Å². The molecule has 1 fully saturated rings. The molecular formula is C15H25N3. The lowest BCUT2D eigenvalue weighted by molar-refractivity contribution is 0.285. The summed E-state index contributed by atoms with van der Waals surface area (Å²) in [5.74, 6) is 0.836. The number of piperidine rings is 1. The predicted molar refractivity (Wildman–Crippen MR) is 79.1 cm³/mol. The third-order valence-electron chi connectivity index (χ3n) is 3.76. The summed E-state index contributed by atoms with van der Waals surface area (Å²) < 4.78 is 0. The van der Waals surface area contributed by atoms with Crippen LogP contribution in [0.25, 0.3) is 0 Å². The van der Waals surface area contributed by atoms with E-state index in [1.54, 1.807) is 0 Å². The summed E-state index contributed by atoms with van der Waals surface area (Å²) in [4.78, 5) is 4.72. The van der Waals surface area contributed by atoms with Crippen LogP contribution >= 0.6 is 0 Å². The van der Waals surface area contributed by atoms with E-state index in [0.29, 0.717) is 0 Å². The van der Waals surface area contributed by atoms with Crippen LogP contribution in [0, 0.1) is 12.8 Å². The molecule has 18 heavy (non-hydrogen) atoms. The Morgan fingerprint density at radius 3 is 2.50 bits per heavy atom. The van der Waals surface area contributed by atoms with E-state index in [9.17, 15) is 0 Å². The van der Waals surface area contributed by atoms with E-state index in [1.807, 2.05) is 0 Å². The van der Waals surface area contributed by atoms with E-state index in [0.717, 1.165) is 24.7 Å². The third kappa shape index (κ3) is 3.16. The molecule has 0 atom stereocenters. The Morgan fingerprint density at radius 2 is 1.94 bits per heavy atom. The molecule has 0 aliphatic carbocycles. The molecule has 1 aliphatic rings. The highest BCUT2D eigenvalue weighted by molar-refractivity contribution is 5.68. The van der Waals surface area contributed by atoms with Gasteiger partial charge in [0.05, 0.1) is 11.4 Å². The lowest BCUT2D eigenvalue weighted by Gasteiger charge is -2.35. The SMILES string of the molecule is Cc1ccc(N2CCC(CN(C)C)CC2)c(N)c1. The molecule has 1 aromatic carbocycles. The molecule has 0 spiro atoms. The minimum Gasteiger partial charge on any atom is -0.397 e. The summed E-state index contributed by atoms with van der Waals surface area (Å²) in [6, 6.07) is 6.38. The van der Waals surface area contributed by atoms with Crippen molar-refractivity contribution in [1.29, 1.82) is 0 Å². The van der Waals surface area contributed by atoms with E-state index in [1.165, 1.54) is 30.6 Å². The number of nitrogens with zero attached hydrogens (tertiary/aromatic N) is 2. The second kappa shape index (κ2) is 5.61. The van der Waals surface area contributed by atoms with Crippen molar-refractivity contribution in [2.75, 3.05) is 44.4 Å². The first kappa shape index (κ1) is 13.2. The highest BCUT2D eigenvalue weighted by Gasteiger charge is 2.20. The Balaban J connectivity index is 1.97. The van der Waals surface area contributed by atoms with Gasteiger partial charge >= 0.3 is 0 Å². The number of anilines is 2. The van der Waals surface area contributed by atoms with Crippen molar-refractivity contribution in [2.24, 2.45) is 5.92 Å². The van der Waals surface area contributed by atoms with Gasteiger partial charge in [-0.1, -0.05) is 6.07 Å². The number of hydrogen-bond acceptors (Lipinski definition) is 3. The first-order valence-electron chi connectivity index (χ1n) is 6.82. The fraction of sp³-hybridized carbons (Fsp3) is 0.600. The minimum absolute atomic E-state index is 0.836. The molecule has 0 bridgehead atoms. The number of rotatable bonds is 3. The molecule has 3 heteroatoms. The number of nitrogen functional groups attached to an aromatic ring is 1. The topological polar surface area (TPSA) is 32.5 Å². The summed E-state index contributed by atoms with van der Waals surface area (Å²) in [6.07, 6.45) is 2.54. The van der Waals surface area contributed by atoms with Crippen LogP contribution < -0.4 is 10.6 Å². The summed E-state index contributed by atoms with van der Waals surface area (Å²) in [6.45, 7) is 5.55. The Kier molecular flexibility index (Phi) is 4.12. The van der Waals surface area contributed by atoms with Crippen molar-refractivity contribution in [3.05, 3.63) is 23.8 Å². The predicted octanol–water partition coefficient (Wildman–Crippen LogP) is 2.36. The van der Waals surface area contributed by atoms with Crippen molar-refractivity contribution >= 4 is 11.4 Å². The number of hydrogen-bond donors (Lipinski definition) is 1. The van der Waals surface area contributed by atoms with Crippen LogP contribution in [0.1, 0.15) is 18.4 Å². The quantitative estimate of drug-likeness (QED) is 0.832. The Hall–Kier alpha value is -1.22. The van der Waals surface area contributed by atoms with Crippen LogP contribution in [0.15, 0.2) is 18.2 Å². The van der Waals surface area contributed by atoms with Gasteiger partial charge in [0.2, 0.25) is 0 Å². The summed E-state index contributed by atoms with van der Waals surface area (Å²) in [5.41, 5.74) is 9.48. The Labute approximate surface area is 111 Å². The summed E-state index contributed by atoms with van der Waals surface area (Å²) in [5, 5.41) is 0. The molecule has 1 aliphatic heterocycles. The molecule has 2 rings (SSSR count). The van der Waals surface area contributed by atoms with Crippen molar-refractivity contribution in [3.8, 4) is 0 Å². The van der Waals surface area contributed by atoms with Crippen LogP contribution in [0.3, 0.4) is 0 Å². The van der Waals surface area contributed by atoms with Gasteiger partial charge < -0.3 is 15.5 Å². The fourth-order valence-corrected chi connectivity index (χ4v) is 2.83. The van der Waals surface area contributed by atoms with Gasteiger partial charge in [-0.3, -0.25) is 0 Å². The Morgan fingerprint density at radius 1 is 1.28 bits per heavy atom. The largest absolute Gasteiger partial charge is 0.397 e. The van der Waals surface area contributed by atoms with E-state index in [-0.39, 0.29) is 0 Å². The molecule has 0 saturated carbocycles. The number of benzene rings is 1. The molecule has 0 unspecified atom stereocenters. The molecule has 3 nitrogen and oxygen atoms in total. The molecule has 1 heterocycles. The van der Waals surface area contributed by atoms with Crippen LogP contribution in [0.2, 0.25) is 0 Å². The van der Waals surface area contributed by atoms with Crippen LogP contribution in [0.4, 0.5) is 11.4 Å². The maximum Gasteiger partial charge on any atom is 0.0600 e. The van der Waals surface area contributed by atoms with Gasteiger partial charge in [0.1, 0.15) is 0 Å². The third-order valence-corrected chi connectivity index (χ3v) is 3.76. The zero-order valence-corrected chi connectivity index (χ0v) is 11.8. The van der Waals surface area contributed by atoms with Crippen LogP contribution in [0.5, 0.6) is 0 Å². The monoisotopic (exact) mass is 247 g/mol. The molecule has 0 aromatic heterocycles. The van der Waals surface area contributed by atoms with Crippen LogP contribution in [-0.2, 0) is 0 Å². The maximum atomic E-state index is 6.12. The zero-order chi connectivity index (χ0) is 13.1. The molecule has 100 valence electrons. The van der Waals surface area contributed by atoms with Gasteiger partial charge in [0.25, 0.3) is 0 Å². The highest BCUT2D eigenvalue weighted by atomic mass is 15.1. The van der Waals surface area contributed by atoms with E-state index >= 15 is 0 Å². The second-order valence-corrected chi connectivity index (χ2v) is 5.75. The first-order valence-corrected chi connectivity index (χ1v) is 6.82. The molecule has 0 radical (unpaired) electrons. The van der Waals surface area contributed by atoms with E-state index in [4.69, 9.17) is 5.73 Å². The van der Waals surface area contributed by atoms with Crippen molar-refractivity contribution in [3.63, 3.8) is 0 Å². The smallest absolute Gasteiger partial charge is 0.0600 e. The molecular weight excluding hydrogens is 222 g/mol. The highest BCUT2D eigenvalue weighted by Crippen LogP contribution is 2.28. The molecule has 2 N–H and O–H groups in total. The molecule has 0 amide bonds. The van der Waals surface area contributed by atoms with Gasteiger partial charge in [0.15, 0.2) is 0 Å². The number of nitrogens with two attached hydrogens (primary N) is 1. The van der Waals surface area contributed by atoms with E-state index in [2.05, 4.69) is 49.0 Å². The first-order chi connectivity index (χ1) is 8.56. The number of aryl methyl sites for hydroxylation is 1. The standard InChI is InChI=1S/C15H25N3/c1-12-4-5-15(14(16)10-12)18-8-6-13(7-9-18)11-17(2)3/h4-5,10,13H,6-9,11,16H2,1-3H3. The van der Waals surface area contributed by atoms with Crippen molar-refractivity contribution < 1.29 is 0 Å². The average Bonchev–Trinajstić information content (AvgIpc) is 2.30. The van der Waals surface area contributed by atoms with Gasteiger partial charge in [-0.05, 0) is 57.5 Å². The van der Waals surface area contributed by atoms with Gasteiger partial charge in [-0.2, -0.15) is 0 Å². The lowest BCUT2D eigenvalue weighted by Crippen LogP contribution is -2.37. The van der Waals surface area contributed by atoms with Gasteiger partial charge in [-0.15, -0.1) is 0 Å². The second-order valence-electron chi connectivity index (χ2n) is 5.75. The summed E-state index contributed by atoms with van der Waals surface area (Å²) >= 11 is 0. The maximum absolute atomic E-state index is 6.12. The zero-order valence-electron chi connectivity index (χ0n) is 11.8. The van der Waals surface area contributed by atoms with Crippen LogP contribution in [-0.4, -0.2) is 38.6 Å². The van der Waals surface area contributed by atoms with E-state index < -0.39 is 0 Å². The summed E-state index contributed by atoms with van der Waals surface area (Å²) in [7, 11) is 4.31. The fourth-order valence-electron chi connectivity index (χ4n) is 2.83.